The highest BCUT2D eigenvalue weighted by Crippen LogP contribution is 2.14. The quantitative estimate of drug-likeness (QED) is 0.642. The third-order valence-electron chi connectivity index (χ3n) is 4.20. The number of benzene rings is 2. The molecular formula is C22H23N3O2. The molecule has 0 aliphatic carbocycles. The van der Waals surface area contributed by atoms with Crippen molar-refractivity contribution in [3.63, 3.8) is 0 Å². The van der Waals surface area contributed by atoms with E-state index in [4.69, 9.17) is 4.74 Å². The van der Waals surface area contributed by atoms with E-state index in [0.29, 0.717) is 18.7 Å². The molecule has 0 saturated carbocycles. The van der Waals surface area contributed by atoms with E-state index in [9.17, 15) is 4.79 Å². The number of carbonyl (C=O) groups is 1. The van der Waals surface area contributed by atoms with Crippen molar-refractivity contribution in [2.45, 2.75) is 13.0 Å². The van der Waals surface area contributed by atoms with Gasteiger partial charge in [-0.25, -0.2) is 0 Å². The third-order valence-corrected chi connectivity index (χ3v) is 4.20. The number of rotatable bonds is 8. The number of methoxy groups -OCH3 is 1. The predicted molar refractivity (Wildman–Crippen MR) is 107 cm³/mol. The summed E-state index contributed by atoms with van der Waals surface area (Å²) in [6.07, 6.45) is 4.09. The highest BCUT2D eigenvalue weighted by atomic mass is 16.5. The lowest BCUT2D eigenvalue weighted by molar-refractivity contribution is 0.0954. The van der Waals surface area contributed by atoms with Crippen LogP contribution in [-0.2, 0) is 13.0 Å². The molecular weight excluding hydrogens is 338 g/mol. The topological polar surface area (TPSA) is 63.2 Å². The lowest BCUT2D eigenvalue weighted by Gasteiger charge is -2.09. The van der Waals surface area contributed by atoms with Crippen molar-refractivity contribution in [2.24, 2.45) is 0 Å². The highest BCUT2D eigenvalue weighted by molar-refractivity contribution is 5.94. The molecule has 3 rings (SSSR count). The van der Waals surface area contributed by atoms with Crippen LogP contribution in [0.4, 0.5) is 5.69 Å². The summed E-state index contributed by atoms with van der Waals surface area (Å²) in [5.74, 6) is 0.709. The van der Waals surface area contributed by atoms with Crippen LogP contribution in [0.1, 0.15) is 21.5 Å². The Hall–Kier alpha value is -3.34. The van der Waals surface area contributed by atoms with Crippen molar-refractivity contribution in [3.05, 3.63) is 89.7 Å². The first kappa shape index (κ1) is 18.5. The molecule has 1 amide bonds. The third kappa shape index (κ3) is 5.57. The summed E-state index contributed by atoms with van der Waals surface area (Å²) in [6.45, 7) is 1.23. The van der Waals surface area contributed by atoms with E-state index in [2.05, 4.69) is 27.8 Å². The van der Waals surface area contributed by atoms with Crippen LogP contribution in [0.3, 0.4) is 0 Å². The van der Waals surface area contributed by atoms with E-state index in [0.717, 1.165) is 23.4 Å². The Morgan fingerprint density at radius 2 is 1.78 bits per heavy atom. The van der Waals surface area contributed by atoms with E-state index in [-0.39, 0.29) is 5.91 Å². The second-order valence-corrected chi connectivity index (χ2v) is 6.16. The van der Waals surface area contributed by atoms with E-state index >= 15 is 0 Å². The number of ether oxygens (including phenoxy) is 1. The van der Waals surface area contributed by atoms with Gasteiger partial charge in [-0.3, -0.25) is 9.78 Å². The molecule has 0 atom stereocenters. The molecule has 0 aliphatic rings. The van der Waals surface area contributed by atoms with Gasteiger partial charge in [0.25, 0.3) is 5.91 Å². The Kier molecular flexibility index (Phi) is 6.41. The average Bonchev–Trinajstić information content (AvgIpc) is 2.73. The van der Waals surface area contributed by atoms with Crippen LogP contribution < -0.4 is 15.4 Å². The predicted octanol–water partition coefficient (Wildman–Crippen LogP) is 3.67. The van der Waals surface area contributed by atoms with Crippen LogP contribution in [0.5, 0.6) is 5.75 Å². The number of anilines is 1. The fourth-order valence-corrected chi connectivity index (χ4v) is 2.68. The van der Waals surface area contributed by atoms with Gasteiger partial charge in [-0.05, 0) is 35.7 Å². The van der Waals surface area contributed by atoms with Gasteiger partial charge in [-0.15, -0.1) is 0 Å². The molecule has 5 heteroatoms. The van der Waals surface area contributed by atoms with Gasteiger partial charge in [0.1, 0.15) is 5.75 Å². The second-order valence-electron chi connectivity index (χ2n) is 6.16. The lowest BCUT2D eigenvalue weighted by Crippen LogP contribution is -2.25. The fraction of sp³-hybridized carbons (Fsp3) is 0.182. The van der Waals surface area contributed by atoms with E-state index < -0.39 is 0 Å². The van der Waals surface area contributed by atoms with Crippen LogP contribution >= 0.6 is 0 Å². The minimum absolute atomic E-state index is 0.119. The first-order chi connectivity index (χ1) is 13.2. The van der Waals surface area contributed by atoms with Gasteiger partial charge in [-0.2, -0.15) is 0 Å². The molecule has 5 nitrogen and oxygen atoms in total. The summed E-state index contributed by atoms with van der Waals surface area (Å²) in [6, 6.07) is 19.7. The van der Waals surface area contributed by atoms with Crippen LogP contribution in [0.15, 0.2) is 73.1 Å². The summed E-state index contributed by atoms with van der Waals surface area (Å²) in [5.41, 5.74) is 3.67. The molecule has 2 aromatic carbocycles. The molecule has 3 aromatic rings. The standard InChI is InChI=1S/C22H23N3O2/c1-27-21-9-7-18(8-10-21)14-25-20-13-19(15-23-16-20)22(26)24-12-11-17-5-3-2-4-6-17/h2-10,13,15-16,25H,11-12,14H2,1H3,(H,24,26). The summed E-state index contributed by atoms with van der Waals surface area (Å²) >= 11 is 0. The molecule has 0 spiro atoms. The highest BCUT2D eigenvalue weighted by Gasteiger charge is 2.07. The van der Waals surface area contributed by atoms with Gasteiger partial charge < -0.3 is 15.4 Å². The Morgan fingerprint density at radius 1 is 1.00 bits per heavy atom. The molecule has 2 N–H and O–H groups in total. The molecule has 0 saturated heterocycles. The number of nitrogens with one attached hydrogen (secondary N) is 2. The molecule has 1 aromatic heterocycles. The van der Waals surface area contributed by atoms with Crippen molar-refractivity contribution in [1.82, 2.24) is 10.3 Å². The van der Waals surface area contributed by atoms with Crippen LogP contribution in [0, 0.1) is 0 Å². The number of nitrogens with zero attached hydrogens (tertiary/aromatic N) is 1. The minimum atomic E-state index is -0.119. The van der Waals surface area contributed by atoms with Gasteiger partial charge in [0.2, 0.25) is 0 Å². The normalized spacial score (nSPS) is 10.3. The van der Waals surface area contributed by atoms with Crippen LogP contribution in [0.25, 0.3) is 0 Å². The van der Waals surface area contributed by atoms with Crippen molar-refractivity contribution < 1.29 is 9.53 Å². The van der Waals surface area contributed by atoms with Gasteiger partial charge in [0, 0.05) is 25.5 Å². The molecule has 0 unspecified atom stereocenters. The summed E-state index contributed by atoms with van der Waals surface area (Å²) in [5, 5.41) is 6.23. The van der Waals surface area contributed by atoms with Gasteiger partial charge in [0.15, 0.2) is 0 Å². The first-order valence-electron chi connectivity index (χ1n) is 8.88. The van der Waals surface area contributed by atoms with Gasteiger partial charge in [-0.1, -0.05) is 42.5 Å². The summed E-state index contributed by atoms with van der Waals surface area (Å²) in [4.78, 5) is 16.5. The maximum atomic E-state index is 12.3. The number of hydrogen-bond acceptors (Lipinski definition) is 4. The van der Waals surface area contributed by atoms with E-state index in [1.165, 1.54) is 5.56 Å². The molecule has 0 bridgehead atoms. The summed E-state index contributed by atoms with van der Waals surface area (Å²) in [7, 11) is 1.65. The van der Waals surface area contributed by atoms with E-state index in [1.54, 1.807) is 19.5 Å². The Balaban J connectivity index is 1.51. The second kappa shape index (κ2) is 9.38. The number of carbonyl (C=O) groups excluding carboxylic acids is 1. The Labute approximate surface area is 159 Å². The zero-order valence-electron chi connectivity index (χ0n) is 15.3. The molecule has 0 aliphatic heterocycles. The molecule has 1 heterocycles. The maximum Gasteiger partial charge on any atom is 0.252 e. The Morgan fingerprint density at radius 3 is 2.52 bits per heavy atom. The van der Waals surface area contributed by atoms with Gasteiger partial charge >= 0.3 is 0 Å². The summed E-state index contributed by atoms with van der Waals surface area (Å²) < 4.78 is 5.16. The molecule has 138 valence electrons. The van der Waals surface area contributed by atoms with Crippen molar-refractivity contribution in [3.8, 4) is 5.75 Å². The maximum absolute atomic E-state index is 12.3. The molecule has 0 radical (unpaired) electrons. The lowest BCUT2D eigenvalue weighted by atomic mass is 10.1. The minimum Gasteiger partial charge on any atom is -0.497 e. The monoisotopic (exact) mass is 361 g/mol. The number of aromatic nitrogens is 1. The van der Waals surface area contributed by atoms with Crippen LogP contribution in [-0.4, -0.2) is 24.5 Å². The van der Waals surface area contributed by atoms with Crippen molar-refractivity contribution in [1.29, 1.82) is 0 Å². The smallest absolute Gasteiger partial charge is 0.252 e. The largest absolute Gasteiger partial charge is 0.497 e. The molecule has 0 fully saturated rings. The van der Waals surface area contributed by atoms with Crippen LogP contribution in [0.2, 0.25) is 0 Å². The number of amides is 1. The average molecular weight is 361 g/mol. The Bertz CT molecular complexity index is 864. The van der Waals surface area contributed by atoms with Crippen molar-refractivity contribution in [2.75, 3.05) is 19.0 Å². The SMILES string of the molecule is COc1ccc(CNc2cncc(C(=O)NCCc3ccccc3)c2)cc1. The van der Waals surface area contributed by atoms with Crippen molar-refractivity contribution >= 4 is 11.6 Å². The number of pyridine rings is 1. The zero-order valence-corrected chi connectivity index (χ0v) is 15.3. The number of hydrogen-bond donors (Lipinski definition) is 2. The van der Waals surface area contributed by atoms with E-state index in [1.807, 2.05) is 48.5 Å². The zero-order chi connectivity index (χ0) is 18.9. The van der Waals surface area contributed by atoms with Gasteiger partial charge in [0.05, 0.1) is 18.4 Å². The first-order valence-corrected chi connectivity index (χ1v) is 8.88. The molecule has 27 heavy (non-hydrogen) atoms. The fourth-order valence-electron chi connectivity index (χ4n) is 2.68.